The van der Waals surface area contributed by atoms with Crippen molar-refractivity contribution in [1.29, 1.82) is 0 Å². The van der Waals surface area contributed by atoms with E-state index in [-0.39, 0.29) is 11.6 Å². The van der Waals surface area contributed by atoms with Crippen molar-refractivity contribution >= 4 is 37.5 Å². The first-order chi connectivity index (χ1) is 10.8. The Labute approximate surface area is 131 Å². The van der Waals surface area contributed by atoms with E-state index in [0.29, 0.717) is 15.9 Å². The van der Waals surface area contributed by atoms with Crippen molar-refractivity contribution in [3.05, 3.63) is 40.4 Å². The van der Waals surface area contributed by atoms with Gasteiger partial charge in [0.25, 0.3) is 5.56 Å². The van der Waals surface area contributed by atoms with Gasteiger partial charge in [-0.2, -0.15) is 0 Å². The number of fused-ring (bicyclic) bond motifs is 3. The monoisotopic (exact) mass is 310 g/mol. The first-order valence-electron chi connectivity index (χ1n) is 7.45. The van der Waals surface area contributed by atoms with Crippen LogP contribution < -0.4 is 5.56 Å². The van der Waals surface area contributed by atoms with Gasteiger partial charge in [-0.15, -0.1) is 11.3 Å². The van der Waals surface area contributed by atoms with Crippen molar-refractivity contribution in [1.82, 2.24) is 14.5 Å². The predicted octanol–water partition coefficient (Wildman–Crippen LogP) is 4.06. The molecule has 0 atom stereocenters. The molecular weight excluding hydrogens is 296 g/mol. The molecule has 0 unspecified atom stereocenters. The second kappa shape index (κ2) is 5.18. The van der Waals surface area contributed by atoms with Crippen molar-refractivity contribution < 1.29 is 0 Å². The molecule has 4 rings (SSSR count). The maximum absolute atomic E-state index is 12.8. The molecule has 0 spiro atoms. The van der Waals surface area contributed by atoms with Gasteiger partial charge >= 0.3 is 0 Å². The lowest BCUT2D eigenvalue weighted by atomic mass is 9.95. The van der Waals surface area contributed by atoms with Gasteiger partial charge in [0.1, 0.15) is 9.53 Å². The van der Waals surface area contributed by atoms with Crippen LogP contribution in [0.1, 0.15) is 38.1 Å². The number of rotatable bonds is 1. The summed E-state index contributed by atoms with van der Waals surface area (Å²) in [5.41, 5.74) is 1.18. The molecule has 3 aromatic heterocycles. The van der Waals surface area contributed by atoms with Gasteiger partial charge in [-0.25, -0.2) is 9.83 Å². The number of pyridine rings is 1. The van der Waals surface area contributed by atoms with Gasteiger partial charge in [-0.3, -0.25) is 14.3 Å². The minimum Gasteiger partial charge on any atom is -0.295 e. The number of nitrogens with zero attached hydrogens (tertiary/aromatic N) is 4. The summed E-state index contributed by atoms with van der Waals surface area (Å²) in [6.45, 7) is 7.09. The SMILES string of the molecule is [C-]#[N+]c1cnc2sc3c(=O)n(C4CCCCC4)cnc3c2c1. The number of aromatic nitrogens is 3. The molecule has 110 valence electrons. The zero-order valence-corrected chi connectivity index (χ0v) is 12.8. The molecule has 6 heteroatoms. The second-order valence-corrected chi connectivity index (χ2v) is 6.69. The van der Waals surface area contributed by atoms with E-state index in [0.717, 1.165) is 23.1 Å². The fourth-order valence-electron chi connectivity index (χ4n) is 3.20. The van der Waals surface area contributed by atoms with Crippen molar-refractivity contribution in [2.24, 2.45) is 0 Å². The molecule has 0 N–H and O–H groups in total. The quantitative estimate of drug-likeness (QED) is 0.637. The van der Waals surface area contributed by atoms with Crippen LogP contribution in [0.4, 0.5) is 5.69 Å². The van der Waals surface area contributed by atoms with Crippen LogP contribution in [0.25, 0.3) is 25.3 Å². The Bertz CT molecular complexity index is 960. The Kier molecular flexibility index (Phi) is 3.16. The minimum absolute atomic E-state index is 0.0317. The molecule has 1 aliphatic carbocycles. The van der Waals surface area contributed by atoms with Gasteiger partial charge in [0.2, 0.25) is 5.69 Å². The molecule has 1 fully saturated rings. The second-order valence-electron chi connectivity index (χ2n) is 5.69. The summed E-state index contributed by atoms with van der Waals surface area (Å²) in [5.74, 6) is 0. The highest BCUT2D eigenvalue weighted by Gasteiger charge is 2.19. The third-order valence-electron chi connectivity index (χ3n) is 4.34. The number of hydrogen-bond donors (Lipinski definition) is 0. The topological polar surface area (TPSA) is 52.1 Å². The first kappa shape index (κ1) is 13.4. The fourth-order valence-corrected chi connectivity index (χ4v) is 4.22. The molecule has 3 heterocycles. The van der Waals surface area contributed by atoms with E-state index in [2.05, 4.69) is 14.8 Å². The Morgan fingerprint density at radius 3 is 2.86 bits per heavy atom. The lowest BCUT2D eigenvalue weighted by Crippen LogP contribution is -2.26. The van der Waals surface area contributed by atoms with Crippen LogP contribution in [0.2, 0.25) is 0 Å². The maximum Gasteiger partial charge on any atom is 0.271 e. The van der Waals surface area contributed by atoms with Crippen LogP contribution in [-0.2, 0) is 0 Å². The standard InChI is InChI=1S/C16H14N4OS/c1-17-10-7-12-13-14(22-15(12)18-8-10)16(21)20(9-19-13)11-5-3-2-4-6-11/h7-9,11H,2-6H2. The van der Waals surface area contributed by atoms with E-state index in [1.807, 2.05) is 0 Å². The van der Waals surface area contributed by atoms with E-state index >= 15 is 0 Å². The summed E-state index contributed by atoms with van der Waals surface area (Å²) in [6, 6.07) is 2.04. The van der Waals surface area contributed by atoms with Crippen molar-refractivity contribution in [3.63, 3.8) is 0 Å². The molecule has 0 saturated heterocycles. The van der Waals surface area contributed by atoms with E-state index in [9.17, 15) is 4.79 Å². The normalized spacial score (nSPS) is 16.1. The van der Waals surface area contributed by atoms with Crippen LogP contribution in [0.3, 0.4) is 0 Å². The molecular formula is C16H14N4OS. The van der Waals surface area contributed by atoms with Crippen LogP contribution in [0.5, 0.6) is 0 Å². The molecule has 1 saturated carbocycles. The van der Waals surface area contributed by atoms with Gasteiger partial charge < -0.3 is 0 Å². The molecule has 0 bridgehead atoms. The zero-order valence-electron chi connectivity index (χ0n) is 12.0. The molecule has 5 nitrogen and oxygen atoms in total. The van der Waals surface area contributed by atoms with Gasteiger partial charge in [-0.05, 0) is 18.9 Å². The summed E-state index contributed by atoms with van der Waals surface area (Å²) in [5, 5.41) is 0.807. The molecule has 0 amide bonds. The van der Waals surface area contributed by atoms with Crippen LogP contribution >= 0.6 is 11.3 Å². The average Bonchev–Trinajstić information content (AvgIpc) is 2.95. The summed E-state index contributed by atoms with van der Waals surface area (Å²) >= 11 is 1.38. The van der Waals surface area contributed by atoms with E-state index < -0.39 is 0 Å². The zero-order chi connectivity index (χ0) is 15.1. The maximum atomic E-state index is 12.8. The average molecular weight is 310 g/mol. The highest BCUT2D eigenvalue weighted by molar-refractivity contribution is 7.25. The number of thiophene rings is 1. The van der Waals surface area contributed by atoms with Crippen molar-refractivity contribution in [2.75, 3.05) is 0 Å². The lowest BCUT2D eigenvalue weighted by molar-refractivity contribution is 0.345. The highest BCUT2D eigenvalue weighted by Crippen LogP contribution is 2.32. The van der Waals surface area contributed by atoms with E-state index in [4.69, 9.17) is 6.57 Å². The van der Waals surface area contributed by atoms with Crippen molar-refractivity contribution in [2.45, 2.75) is 38.1 Å². The fraction of sp³-hybridized carbons (Fsp3) is 0.375. The first-order valence-corrected chi connectivity index (χ1v) is 8.26. The van der Waals surface area contributed by atoms with Gasteiger partial charge in [-0.1, -0.05) is 19.3 Å². The van der Waals surface area contributed by atoms with Crippen LogP contribution in [0, 0.1) is 6.57 Å². The van der Waals surface area contributed by atoms with E-state index in [1.165, 1.54) is 30.6 Å². The Hall–Kier alpha value is -2.26. The predicted molar refractivity (Wildman–Crippen MR) is 87.6 cm³/mol. The molecule has 3 aromatic rings. The van der Waals surface area contributed by atoms with Gasteiger partial charge in [0, 0.05) is 17.6 Å². The van der Waals surface area contributed by atoms with Gasteiger partial charge in [0.05, 0.1) is 18.4 Å². The van der Waals surface area contributed by atoms with Crippen LogP contribution in [0.15, 0.2) is 23.4 Å². The molecule has 1 aliphatic rings. The van der Waals surface area contributed by atoms with Crippen LogP contribution in [-0.4, -0.2) is 14.5 Å². The third kappa shape index (κ3) is 2.01. The van der Waals surface area contributed by atoms with E-state index in [1.54, 1.807) is 23.2 Å². The Morgan fingerprint density at radius 1 is 1.27 bits per heavy atom. The third-order valence-corrected chi connectivity index (χ3v) is 5.43. The molecule has 0 aliphatic heterocycles. The summed E-state index contributed by atoms with van der Waals surface area (Å²) in [4.78, 5) is 25.8. The Morgan fingerprint density at radius 2 is 2.09 bits per heavy atom. The Balaban J connectivity index is 1.94. The van der Waals surface area contributed by atoms with Crippen molar-refractivity contribution in [3.8, 4) is 0 Å². The smallest absolute Gasteiger partial charge is 0.271 e. The highest BCUT2D eigenvalue weighted by atomic mass is 32.1. The minimum atomic E-state index is 0.0317. The molecule has 22 heavy (non-hydrogen) atoms. The lowest BCUT2D eigenvalue weighted by Gasteiger charge is -2.23. The summed E-state index contributed by atoms with van der Waals surface area (Å²) in [7, 11) is 0. The number of hydrogen-bond acceptors (Lipinski definition) is 4. The van der Waals surface area contributed by atoms with Gasteiger partial charge in [0.15, 0.2) is 0 Å². The largest absolute Gasteiger partial charge is 0.295 e. The molecule has 0 aromatic carbocycles. The molecule has 0 radical (unpaired) electrons. The summed E-state index contributed by atoms with van der Waals surface area (Å²) < 4.78 is 2.45. The summed E-state index contributed by atoms with van der Waals surface area (Å²) in [6.07, 6.45) is 8.94.